The Morgan fingerprint density at radius 3 is 2.00 bits per heavy atom. The summed E-state index contributed by atoms with van der Waals surface area (Å²) < 4.78 is 0. The van der Waals surface area contributed by atoms with Gasteiger partial charge in [-0.25, -0.2) is 0 Å². The molecule has 2 atom stereocenters. The number of nitrogens with one attached hydrogen (secondary N) is 2. The van der Waals surface area contributed by atoms with Gasteiger partial charge in [0.1, 0.15) is 0 Å². The first-order valence-corrected chi connectivity index (χ1v) is 7.71. The van der Waals surface area contributed by atoms with E-state index in [4.69, 9.17) is 0 Å². The average Bonchev–Trinajstić information content (AvgIpc) is 2.41. The van der Waals surface area contributed by atoms with E-state index >= 15 is 0 Å². The van der Waals surface area contributed by atoms with E-state index in [1.165, 1.54) is 0 Å². The Kier molecular flexibility index (Phi) is 5.68. The standard InChI is InChI=1S/C16H20N2S2/c1-12(19)11-16(20)18-15-9-7-14(8-10-15)17-13-5-3-2-4-6-13/h2-10,12,16-20H,11H2,1H3. The van der Waals surface area contributed by atoms with Gasteiger partial charge in [0.25, 0.3) is 0 Å². The summed E-state index contributed by atoms with van der Waals surface area (Å²) in [6, 6.07) is 18.3. The molecule has 106 valence electrons. The Morgan fingerprint density at radius 2 is 1.40 bits per heavy atom. The summed E-state index contributed by atoms with van der Waals surface area (Å²) in [5, 5.41) is 7.17. The molecule has 0 aromatic heterocycles. The first kappa shape index (κ1) is 15.1. The van der Waals surface area contributed by atoms with Crippen LogP contribution in [0.1, 0.15) is 13.3 Å². The molecule has 2 unspecified atom stereocenters. The van der Waals surface area contributed by atoms with Crippen molar-refractivity contribution < 1.29 is 0 Å². The molecule has 0 radical (unpaired) electrons. The third kappa shape index (κ3) is 5.02. The number of anilines is 3. The van der Waals surface area contributed by atoms with Gasteiger partial charge in [0.05, 0.1) is 5.37 Å². The largest absolute Gasteiger partial charge is 0.373 e. The van der Waals surface area contributed by atoms with E-state index in [0.29, 0.717) is 5.25 Å². The fourth-order valence-corrected chi connectivity index (χ4v) is 2.75. The minimum Gasteiger partial charge on any atom is -0.373 e. The van der Waals surface area contributed by atoms with Gasteiger partial charge in [0.15, 0.2) is 0 Å². The van der Waals surface area contributed by atoms with Gasteiger partial charge in [-0.05, 0) is 42.8 Å². The van der Waals surface area contributed by atoms with Crippen LogP contribution in [-0.4, -0.2) is 10.6 Å². The summed E-state index contributed by atoms with van der Waals surface area (Å²) in [6.45, 7) is 2.07. The second-order valence-corrected chi connectivity index (χ2v) is 6.32. The van der Waals surface area contributed by atoms with E-state index in [1.807, 2.05) is 30.3 Å². The van der Waals surface area contributed by atoms with Gasteiger partial charge in [-0.1, -0.05) is 25.1 Å². The molecule has 2 aromatic rings. The summed E-state index contributed by atoms with van der Waals surface area (Å²) in [6.07, 6.45) is 0.913. The molecule has 2 N–H and O–H groups in total. The molecule has 2 rings (SSSR count). The first-order valence-electron chi connectivity index (χ1n) is 6.68. The lowest BCUT2D eigenvalue weighted by Gasteiger charge is -2.16. The topological polar surface area (TPSA) is 24.1 Å². The second-order valence-electron chi connectivity index (χ2n) is 4.81. The summed E-state index contributed by atoms with van der Waals surface area (Å²) in [4.78, 5) is 0. The third-order valence-electron chi connectivity index (χ3n) is 2.85. The monoisotopic (exact) mass is 304 g/mol. The van der Waals surface area contributed by atoms with Crippen LogP contribution in [0.2, 0.25) is 0 Å². The Labute approximate surface area is 131 Å². The van der Waals surface area contributed by atoms with Crippen molar-refractivity contribution in [2.24, 2.45) is 0 Å². The number of benzene rings is 2. The predicted molar refractivity (Wildman–Crippen MR) is 95.6 cm³/mol. The van der Waals surface area contributed by atoms with E-state index in [9.17, 15) is 0 Å². The lowest BCUT2D eigenvalue weighted by atomic mass is 10.2. The third-order valence-corrected chi connectivity index (χ3v) is 3.40. The maximum absolute atomic E-state index is 4.51. The molecule has 0 heterocycles. The maximum atomic E-state index is 4.51. The zero-order valence-electron chi connectivity index (χ0n) is 11.5. The zero-order valence-corrected chi connectivity index (χ0v) is 13.2. The van der Waals surface area contributed by atoms with Crippen LogP contribution < -0.4 is 10.6 Å². The van der Waals surface area contributed by atoms with Gasteiger partial charge in [-0.2, -0.15) is 25.3 Å². The van der Waals surface area contributed by atoms with Crippen LogP contribution in [0.4, 0.5) is 17.1 Å². The van der Waals surface area contributed by atoms with Gasteiger partial charge in [0, 0.05) is 22.3 Å². The zero-order chi connectivity index (χ0) is 14.4. The molecule has 0 amide bonds. The van der Waals surface area contributed by atoms with Gasteiger partial charge < -0.3 is 10.6 Å². The van der Waals surface area contributed by atoms with Crippen molar-refractivity contribution in [3.63, 3.8) is 0 Å². The van der Waals surface area contributed by atoms with Crippen molar-refractivity contribution in [3.8, 4) is 0 Å². The van der Waals surface area contributed by atoms with E-state index in [1.54, 1.807) is 0 Å². The quantitative estimate of drug-likeness (QED) is 0.455. The summed E-state index contributed by atoms with van der Waals surface area (Å²) in [5.74, 6) is 0. The minimum atomic E-state index is 0.121. The molecule has 0 bridgehead atoms. The second kappa shape index (κ2) is 7.50. The SMILES string of the molecule is CC(S)CC(S)Nc1ccc(Nc2ccccc2)cc1. The molecule has 0 aliphatic carbocycles. The highest BCUT2D eigenvalue weighted by Gasteiger charge is 2.05. The van der Waals surface area contributed by atoms with Crippen LogP contribution in [0.15, 0.2) is 54.6 Å². The molecule has 20 heavy (non-hydrogen) atoms. The van der Waals surface area contributed by atoms with Crippen LogP contribution in [0.3, 0.4) is 0 Å². The number of hydrogen-bond acceptors (Lipinski definition) is 4. The maximum Gasteiger partial charge on any atom is 0.0703 e. The van der Waals surface area contributed by atoms with E-state index in [2.05, 4.69) is 67.1 Å². The Balaban J connectivity index is 1.93. The fourth-order valence-electron chi connectivity index (χ4n) is 1.91. The molecule has 0 aliphatic heterocycles. The Morgan fingerprint density at radius 1 is 0.850 bits per heavy atom. The highest BCUT2D eigenvalue weighted by atomic mass is 32.1. The number of thiol groups is 2. The van der Waals surface area contributed by atoms with Crippen molar-refractivity contribution in [1.29, 1.82) is 0 Å². The van der Waals surface area contributed by atoms with Crippen molar-refractivity contribution >= 4 is 42.3 Å². The fraction of sp³-hybridized carbons (Fsp3) is 0.250. The Bertz CT molecular complexity index is 512. The van der Waals surface area contributed by atoms with Crippen LogP contribution in [0.5, 0.6) is 0 Å². The van der Waals surface area contributed by atoms with Crippen LogP contribution in [-0.2, 0) is 0 Å². The molecule has 2 aromatic carbocycles. The molecule has 0 spiro atoms. The van der Waals surface area contributed by atoms with E-state index in [-0.39, 0.29) is 5.37 Å². The average molecular weight is 304 g/mol. The summed E-state index contributed by atoms with van der Waals surface area (Å²) in [7, 11) is 0. The van der Waals surface area contributed by atoms with Crippen molar-refractivity contribution in [3.05, 3.63) is 54.6 Å². The smallest absolute Gasteiger partial charge is 0.0703 e. The van der Waals surface area contributed by atoms with Gasteiger partial charge in [-0.3, -0.25) is 0 Å². The minimum absolute atomic E-state index is 0.121. The van der Waals surface area contributed by atoms with Gasteiger partial charge >= 0.3 is 0 Å². The summed E-state index contributed by atoms with van der Waals surface area (Å²) >= 11 is 8.89. The Hall–Kier alpha value is -1.26. The van der Waals surface area contributed by atoms with E-state index in [0.717, 1.165) is 23.5 Å². The van der Waals surface area contributed by atoms with Crippen LogP contribution in [0, 0.1) is 0 Å². The molecular formula is C16H20N2S2. The lowest BCUT2D eigenvalue weighted by molar-refractivity contribution is 0.821. The first-order chi connectivity index (χ1) is 9.63. The number of para-hydroxylation sites is 1. The number of hydrogen-bond donors (Lipinski definition) is 4. The normalized spacial score (nSPS) is 13.6. The molecule has 0 fully saturated rings. The van der Waals surface area contributed by atoms with Crippen LogP contribution >= 0.6 is 25.3 Å². The molecule has 0 saturated carbocycles. The highest BCUT2D eigenvalue weighted by Crippen LogP contribution is 2.20. The van der Waals surface area contributed by atoms with E-state index < -0.39 is 0 Å². The molecule has 2 nitrogen and oxygen atoms in total. The predicted octanol–water partition coefficient (Wildman–Crippen LogP) is 4.81. The van der Waals surface area contributed by atoms with Crippen LogP contribution in [0.25, 0.3) is 0 Å². The van der Waals surface area contributed by atoms with Crippen molar-refractivity contribution in [2.75, 3.05) is 10.6 Å². The lowest BCUT2D eigenvalue weighted by Crippen LogP contribution is -2.15. The van der Waals surface area contributed by atoms with Gasteiger partial charge in [0.2, 0.25) is 0 Å². The van der Waals surface area contributed by atoms with Gasteiger partial charge in [-0.15, -0.1) is 0 Å². The van der Waals surface area contributed by atoms with Crippen molar-refractivity contribution in [1.82, 2.24) is 0 Å². The highest BCUT2D eigenvalue weighted by molar-refractivity contribution is 7.82. The van der Waals surface area contributed by atoms with Crippen molar-refractivity contribution in [2.45, 2.75) is 24.0 Å². The number of rotatable bonds is 6. The molecular weight excluding hydrogens is 284 g/mol. The summed E-state index contributed by atoms with van der Waals surface area (Å²) in [5.41, 5.74) is 3.22. The molecule has 4 heteroatoms. The molecule has 0 saturated heterocycles. The molecule has 0 aliphatic rings.